The molecule has 102 valence electrons. The molecule has 2 rings (SSSR count). The fourth-order valence-electron chi connectivity index (χ4n) is 3.33. The molecule has 0 aliphatic heterocycles. The molecule has 3 heteroatoms. The largest absolute Gasteiger partial charge is 0.330 e. The zero-order valence-corrected chi connectivity index (χ0v) is 12.0. The topological polar surface area (TPSA) is 43.8 Å². The zero-order chi connectivity index (χ0) is 13.2. The number of nitrogens with two attached hydrogens (primary N) is 1. The minimum atomic E-state index is 0.299. The standard InChI is InChI=1S/C15H27N3/c1-12(2)18-8-6-14(17-18)10-15(11-16)7-4-5-13(3)9-15/h6,8,12-13H,4-5,7,9-11,16H2,1-3H3. The van der Waals surface area contributed by atoms with Gasteiger partial charge < -0.3 is 5.73 Å². The lowest BCUT2D eigenvalue weighted by atomic mass is 9.68. The quantitative estimate of drug-likeness (QED) is 0.890. The van der Waals surface area contributed by atoms with E-state index in [1.165, 1.54) is 31.4 Å². The first kappa shape index (κ1) is 13.6. The van der Waals surface area contributed by atoms with E-state index in [0.29, 0.717) is 11.5 Å². The third-order valence-corrected chi connectivity index (χ3v) is 4.37. The molecule has 2 N–H and O–H groups in total. The van der Waals surface area contributed by atoms with Crippen LogP contribution in [-0.4, -0.2) is 16.3 Å². The molecule has 1 aliphatic rings. The summed E-state index contributed by atoms with van der Waals surface area (Å²) in [6.07, 6.45) is 8.36. The van der Waals surface area contributed by atoms with Crippen molar-refractivity contribution in [2.45, 2.75) is 58.9 Å². The van der Waals surface area contributed by atoms with Gasteiger partial charge in [0, 0.05) is 12.2 Å². The van der Waals surface area contributed by atoms with Crippen LogP contribution in [-0.2, 0) is 6.42 Å². The SMILES string of the molecule is CC1CCCC(CN)(Cc2ccn(C(C)C)n2)C1. The van der Waals surface area contributed by atoms with Crippen molar-refractivity contribution in [3.8, 4) is 0 Å². The van der Waals surface area contributed by atoms with E-state index in [9.17, 15) is 0 Å². The van der Waals surface area contributed by atoms with E-state index in [4.69, 9.17) is 5.73 Å². The first-order chi connectivity index (χ1) is 8.54. The average Bonchev–Trinajstić information content (AvgIpc) is 2.77. The summed E-state index contributed by atoms with van der Waals surface area (Å²) in [6.45, 7) is 7.48. The van der Waals surface area contributed by atoms with Crippen molar-refractivity contribution < 1.29 is 0 Å². The molecule has 2 atom stereocenters. The van der Waals surface area contributed by atoms with Crippen LogP contribution >= 0.6 is 0 Å². The molecule has 2 unspecified atom stereocenters. The second kappa shape index (κ2) is 5.43. The first-order valence-corrected chi connectivity index (χ1v) is 7.29. The number of hydrogen-bond donors (Lipinski definition) is 1. The van der Waals surface area contributed by atoms with Crippen LogP contribution in [0.3, 0.4) is 0 Å². The van der Waals surface area contributed by atoms with Crippen molar-refractivity contribution in [3.63, 3.8) is 0 Å². The van der Waals surface area contributed by atoms with Crippen LogP contribution in [0.1, 0.15) is 58.2 Å². The number of aromatic nitrogens is 2. The van der Waals surface area contributed by atoms with Crippen LogP contribution in [0, 0.1) is 11.3 Å². The van der Waals surface area contributed by atoms with Gasteiger partial charge in [0.25, 0.3) is 0 Å². The second-order valence-corrected chi connectivity index (χ2v) is 6.46. The lowest BCUT2D eigenvalue weighted by Crippen LogP contribution is -2.37. The molecule has 0 radical (unpaired) electrons. The zero-order valence-electron chi connectivity index (χ0n) is 12.0. The van der Waals surface area contributed by atoms with Gasteiger partial charge in [0.1, 0.15) is 0 Å². The Morgan fingerprint density at radius 1 is 1.56 bits per heavy atom. The summed E-state index contributed by atoms with van der Waals surface area (Å²) in [7, 11) is 0. The molecular formula is C15H27N3. The third kappa shape index (κ3) is 2.94. The van der Waals surface area contributed by atoms with Crippen LogP contribution in [0.5, 0.6) is 0 Å². The average molecular weight is 249 g/mol. The van der Waals surface area contributed by atoms with E-state index in [1.54, 1.807) is 0 Å². The van der Waals surface area contributed by atoms with Gasteiger partial charge in [-0.05, 0) is 57.1 Å². The van der Waals surface area contributed by atoms with Crippen molar-refractivity contribution in [1.29, 1.82) is 0 Å². The van der Waals surface area contributed by atoms with Gasteiger partial charge in [0.05, 0.1) is 5.69 Å². The molecule has 0 saturated heterocycles. The fraction of sp³-hybridized carbons (Fsp3) is 0.800. The predicted molar refractivity (Wildman–Crippen MR) is 75.4 cm³/mol. The van der Waals surface area contributed by atoms with Gasteiger partial charge in [-0.15, -0.1) is 0 Å². The van der Waals surface area contributed by atoms with Gasteiger partial charge in [0.15, 0.2) is 0 Å². The minimum Gasteiger partial charge on any atom is -0.330 e. The summed E-state index contributed by atoms with van der Waals surface area (Å²) >= 11 is 0. The molecule has 0 aromatic carbocycles. The van der Waals surface area contributed by atoms with Crippen molar-refractivity contribution in [3.05, 3.63) is 18.0 Å². The van der Waals surface area contributed by atoms with Gasteiger partial charge >= 0.3 is 0 Å². The maximum atomic E-state index is 6.08. The lowest BCUT2D eigenvalue weighted by Gasteiger charge is -2.39. The van der Waals surface area contributed by atoms with Crippen molar-refractivity contribution in [1.82, 2.24) is 9.78 Å². The molecule has 1 aromatic heterocycles. The molecule has 1 heterocycles. The van der Waals surface area contributed by atoms with E-state index < -0.39 is 0 Å². The molecule has 3 nitrogen and oxygen atoms in total. The third-order valence-electron chi connectivity index (χ3n) is 4.37. The number of hydrogen-bond acceptors (Lipinski definition) is 2. The van der Waals surface area contributed by atoms with Crippen LogP contribution in [0.4, 0.5) is 0 Å². The highest BCUT2D eigenvalue weighted by Crippen LogP contribution is 2.40. The fourth-order valence-corrected chi connectivity index (χ4v) is 3.33. The van der Waals surface area contributed by atoms with Gasteiger partial charge in [-0.2, -0.15) is 5.10 Å². The molecule has 1 aromatic rings. The number of rotatable bonds is 4. The highest BCUT2D eigenvalue weighted by Gasteiger charge is 2.34. The van der Waals surface area contributed by atoms with Crippen molar-refractivity contribution >= 4 is 0 Å². The molecule has 0 bridgehead atoms. The van der Waals surface area contributed by atoms with Gasteiger partial charge in [0.2, 0.25) is 0 Å². The Kier molecular flexibility index (Phi) is 4.10. The van der Waals surface area contributed by atoms with Crippen molar-refractivity contribution in [2.24, 2.45) is 17.1 Å². The Morgan fingerprint density at radius 3 is 2.89 bits per heavy atom. The van der Waals surface area contributed by atoms with E-state index in [-0.39, 0.29) is 0 Å². The summed E-state index contributed by atoms with van der Waals surface area (Å²) < 4.78 is 2.05. The summed E-state index contributed by atoms with van der Waals surface area (Å²) in [4.78, 5) is 0. The molecule has 18 heavy (non-hydrogen) atoms. The monoisotopic (exact) mass is 249 g/mol. The Morgan fingerprint density at radius 2 is 2.33 bits per heavy atom. The molecule has 1 saturated carbocycles. The molecule has 0 amide bonds. The van der Waals surface area contributed by atoms with Crippen LogP contribution < -0.4 is 5.73 Å². The second-order valence-electron chi connectivity index (χ2n) is 6.46. The summed E-state index contributed by atoms with van der Waals surface area (Å²) in [6, 6.07) is 2.61. The highest BCUT2D eigenvalue weighted by atomic mass is 15.3. The van der Waals surface area contributed by atoms with Crippen LogP contribution in [0.15, 0.2) is 12.3 Å². The molecule has 0 spiro atoms. The summed E-state index contributed by atoms with van der Waals surface area (Å²) in [5.41, 5.74) is 7.59. The Hall–Kier alpha value is -0.830. The Balaban J connectivity index is 2.09. The molecule has 1 fully saturated rings. The normalized spacial score (nSPS) is 28.8. The molecule has 1 aliphatic carbocycles. The minimum absolute atomic E-state index is 0.299. The van der Waals surface area contributed by atoms with Gasteiger partial charge in [-0.25, -0.2) is 0 Å². The maximum absolute atomic E-state index is 6.08. The predicted octanol–water partition coefficient (Wildman–Crippen LogP) is 3.16. The first-order valence-electron chi connectivity index (χ1n) is 7.29. The Bertz CT molecular complexity index is 383. The van der Waals surface area contributed by atoms with Gasteiger partial charge in [-0.1, -0.05) is 19.8 Å². The van der Waals surface area contributed by atoms with E-state index in [2.05, 4.69) is 38.1 Å². The number of nitrogens with zero attached hydrogens (tertiary/aromatic N) is 2. The van der Waals surface area contributed by atoms with E-state index in [1.807, 2.05) is 4.68 Å². The van der Waals surface area contributed by atoms with Crippen molar-refractivity contribution in [2.75, 3.05) is 6.54 Å². The highest BCUT2D eigenvalue weighted by molar-refractivity contribution is 5.05. The van der Waals surface area contributed by atoms with Crippen LogP contribution in [0.25, 0.3) is 0 Å². The van der Waals surface area contributed by atoms with Gasteiger partial charge in [-0.3, -0.25) is 4.68 Å². The smallest absolute Gasteiger partial charge is 0.0630 e. The van der Waals surface area contributed by atoms with E-state index in [0.717, 1.165) is 18.9 Å². The summed E-state index contributed by atoms with van der Waals surface area (Å²) in [5, 5.41) is 4.68. The maximum Gasteiger partial charge on any atom is 0.0630 e. The Labute approximate surface area is 111 Å². The lowest BCUT2D eigenvalue weighted by molar-refractivity contribution is 0.152. The van der Waals surface area contributed by atoms with Crippen LogP contribution in [0.2, 0.25) is 0 Å². The molecular weight excluding hydrogens is 222 g/mol. The van der Waals surface area contributed by atoms with E-state index >= 15 is 0 Å². The summed E-state index contributed by atoms with van der Waals surface area (Å²) in [5.74, 6) is 0.814.